The van der Waals surface area contributed by atoms with Crippen LogP contribution in [0.2, 0.25) is 0 Å². The van der Waals surface area contributed by atoms with E-state index in [0.29, 0.717) is 0 Å². The Labute approximate surface area is 111 Å². The van der Waals surface area contributed by atoms with Gasteiger partial charge in [-0.25, -0.2) is 0 Å². The number of aryl methyl sites for hydroxylation is 2. The standard InChI is InChI=1S/C6H6N2.2Y/c1-5-3-7-6(2)8-4-5;;/h1-2H3;;/q-2;;. The molecule has 48 valence electrons. The van der Waals surface area contributed by atoms with Gasteiger partial charge in [-0.1, -0.05) is 13.8 Å². The summed E-state index contributed by atoms with van der Waals surface area (Å²) in [4.78, 5) is 7.62. The van der Waals surface area contributed by atoms with Gasteiger partial charge in [-0.2, -0.15) is 0 Å². The summed E-state index contributed by atoms with van der Waals surface area (Å²) in [6, 6.07) is 0. The van der Waals surface area contributed by atoms with Crippen LogP contribution < -0.4 is 0 Å². The molecule has 2 nitrogen and oxygen atoms in total. The van der Waals surface area contributed by atoms with Gasteiger partial charge in [0, 0.05) is 65.4 Å². The molecule has 1 aromatic heterocycles. The smallest absolute Gasteiger partial charge is 0 e. The van der Waals surface area contributed by atoms with E-state index in [2.05, 4.69) is 22.4 Å². The minimum Gasteiger partial charge on any atom is -0.509 e. The average molecular weight is 284 g/mol. The minimum atomic E-state index is 0. The summed E-state index contributed by atoms with van der Waals surface area (Å²) in [6.45, 7) is 3.67. The molecule has 0 aliphatic carbocycles. The SMILES string of the molecule is Cc1[c-]nc(C)n[c-]1.[Y].[Y]. The van der Waals surface area contributed by atoms with Crippen LogP contribution in [0.4, 0.5) is 0 Å². The van der Waals surface area contributed by atoms with Crippen LogP contribution >= 0.6 is 0 Å². The van der Waals surface area contributed by atoms with Crippen LogP contribution in [0.5, 0.6) is 0 Å². The van der Waals surface area contributed by atoms with Gasteiger partial charge in [0.1, 0.15) is 0 Å². The van der Waals surface area contributed by atoms with Gasteiger partial charge in [0.25, 0.3) is 0 Å². The Morgan fingerprint density at radius 3 is 1.70 bits per heavy atom. The minimum absolute atomic E-state index is 0. The Hall–Kier alpha value is 1.29. The quantitative estimate of drug-likeness (QED) is 0.655. The molecule has 0 aliphatic heterocycles. The van der Waals surface area contributed by atoms with Gasteiger partial charge in [-0.05, 0) is 0 Å². The molecule has 0 N–H and O–H groups in total. The maximum Gasteiger partial charge on any atom is 0 e. The van der Waals surface area contributed by atoms with Crippen LogP contribution in [0.3, 0.4) is 0 Å². The second-order valence-corrected chi connectivity index (χ2v) is 1.62. The predicted octanol–water partition coefficient (Wildman–Crippen LogP) is 0.689. The Kier molecular flexibility index (Phi) is 9.65. The third-order valence-corrected chi connectivity index (χ3v) is 0.771. The first kappa shape index (κ1) is 13.8. The van der Waals surface area contributed by atoms with E-state index in [1.807, 2.05) is 13.8 Å². The third-order valence-electron chi connectivity index (χ3n) is 0.771. The first-order valence-corrected chi connectivity index (χ1v) is 2.39. The molecule has 0 bridgehead atoms. The van der Waals surface area contributed by atoms with Crippen LogP contribution in [0.15, 0.2) is 0 Å². The Bertz CT molecular complexity index is 153. The number of nitrogens with zero attached hydrogens (tertiary/aromatic N) is 2. The van der Waals surface area contributed by atoms with Crippen molar-refractivity contribution >= 4 is 0 Å². The first-order valence-electron chi connectivity index (χ1n) is 2.39. The van der Waals surface area contributed by atoms with Crippen molar-refractivity contribution in [3.8, 4) is 0 Å². The molecule has 0 spiro atoms. The number of rotatable bonds is 0. The topological polar surface area (TPSA) is 25.8 Å². The van der Waals surface area contributed by atoms with E-state index in [9.17, 15) is 0 Å². The fraction of sp³-hybridized carbons (Fsp3) is 0.333. The average Bonchev–Trinajstić information content (AvgIpc) is 1.77. The molecule has 1 heterocycles. The van der Waals surface area contributed by atoms with Gasteiger partial charge in [-0.3, -0.25) is 18.0 Å². The first-order chi connectivity index (χ1) is 3.79. The van der Waals surface area contributed by atoms with Crippen molar-refractivity contribution in [2.45, 2.75) is 13.8 Å². The van der Waals surface area contributed by atoms with E-state index >= 15 is 0 Å². The van der Waals surface area contributed by atoms with Crippen LogP contribution in [-0.2, 0) is 65.4 Å². The number of hydrogen-bond donors (Lipinski definition) is 0. The van der Waals surface area contributed by atoms with E-state index in [0.717, 1.165) is 11.4 Å². The van der Waals surface area contributed by atoms with Crippen molar-refractivity contribution < 1.29 is 65.4 Å². The van der Waals surface area contributed by atoms with E-state index in [1.54, 1.807) is 0 Å². The van der Waals surface area contributed by atoms with Crippen LogP contribution in [0.25, 0.3) is 0 Å². The molecule has 1 rings (SSSR count). The molecule has 10 heavy (non-hydrogen) atoms. The molecule has 0 saturated heterocycles. The molecule has 0 amide bonds. The molecule has 4 heteroatoms. The van der Waals surface area contributed by atoms with Gasteiger partial charge < -0.3 is 9.97 Å². The van der Waals surface area contributed by atoms with Crippen molar-refractivity contribution in [3.63, 3.8) is 0 Å². The second kappa shape index (κ2) is 6.97. The van der Waals surface area contributed by atoms with Crippen molar-refractivity contribution in [2.75, 3.05) is 0 Å². The fourth-order valence-corrected chi connectivity index (χ4v) is 0.380. The Morgan fingerprint density at radius 2 is 1.40 bits per heavy atom. The summed E-state index contributed by atoms with van der Waals surface area (Å²) < 4.78 is 0. The maximum absolute atomic E-state index is 3.81. The van der Waals surface area contributed by atoms with Crippen LogP contribution in [0, 0.1) is 26.2 Å². The van der Waals surface area contributed by atoms with E-state index in [1.165, 1.54) is 0 Å². The second-order valence-electron chi connectivity index (χ2n) is 1.62. The molecular weight excluding hydrogens is 278 g/mol. The van der Waals surface area contributed by atoms with Gasteiger partial charge in [0.15, 0.2) is 0 Å². The summed E-state index contributed by atoms with van der Waals surface area (Å²) in [7, 11) is 0. The monoisotopic (exact) mass is 284 g/mol. The van der Waals surface area contributed by atoms with Crippen LogP contribution in [0.1, 0.15) is 11.4 Å². The van der Waals surface area contributed by atoms with E-state index in [4.69, 9.17) is 0 Å². The molecule has 0 aliphatic rings. The summed E-state index contributed by atoms with van der Waals surface area (Å²) >= 11 is 0. The molecule has 2 radical (unpaired) electrons. The fourth-order valence-electron chi connectivity index (χ4n) is 0.380. The molecule has 0 atom stereocenters. The normalized spacial score (nSPS) is 7.40. The van der Waals surface area contributed by atoms with Crippen LogP contribution in [-0.4, -0.2) is 9.97 Å². The van der Waals surface area contributed by atoms with Gasteiger partial charge in [0.05, 0.1) is 0 Å². The molecule has 1 aromatic rings. The number of hydrogen-bond acceptors (Lipinski definition) is 2. The molecule has 0 unspecified atom stereocenters. The van der Waals surface area contributed by atoms with E-state index in [-0.39, 0.29) is 65.4 Å². The largest absolute Gasteiger partial charge is 0.509 e. The summed E-state index contributed by atoms with van der Waals surface area (Å²) in [6.07, 6.45) is 5.46. The van der Waals surface area contributed by atoms with Crippen molar-refractivity contribution in [1.82, 2.24) is 9.97 Å². The Balaban J connectivity index is 0. The number of aromatic nitrogens is 2. The summed E-state index contributed by atoms with van der Waals surface area (Å²) in [5.74, 6) is 0.718. The van der Waals surface area contributed by atoms with Crippen molar-refractivity contribution in [3.05, 3.63) is 23.8 Å². The molecular formula is C6H6N2Y2-2. The van der Waals surface area contributed by atoms with E-state index < -0.39 is 0 Å². The maximum atomic E-state index is 3.81. The molecule has 0 saturated carbocycles. The van der Waals surface area contributed by atoms with Crippen molar-refractivity contribution in [1.29, 1.82) is 0 Å². The molecule has 0 aromatic carbocycles. The van der Waals surface area contributed by atoms with Crippen molar-refractivity contribution in [2.24, 2.45) is 0 Å². The zero-order chi connectivity index (χ0) is 5.98. The predicted molar refractivity (Wildman–Crippen MR) is 29.2 cm³/mol. The third kappa shape index (κ3) is 5.01. The zero-order valence-electron chi connectivity index (χ0n) is 6.05. The summed E-state index contributed by atoms with van der Waals surface area (Å²) in [5.41, 5.74) is 0.857. The Morgan fingerprint density at radius 1 is 1.00 bits per heavy atom. The van der Waals surface area contributed by atoms with Gasteiger partial charge in [0.2, 0.25) is 0 Å². The zero-order valence-corrected chi connectivity index (χ0v) is 11.7. The van der Waals surface area contributed by atoms with Gasteiger partial charge in [-0.15, -0.1) is 5.82 Å². The molecule has 0 fully saturated rings. The summed E-state index contributed by atoms with van der Waals surface area (Å²) in [5, 5.41) is 0. The van der Waals surface area contributed by atoms with Gasteiger partial charge >= 0.3 is 0 Å².